The van der Waals surface area contributed by atoms with E-state index in [0.717, 1.165) is 31.1 Å². The molecule has 0 radical (unpaired) electrons. The lowest BCUT2D eigenvalue weighted by Crippen LogP contribution is -2.51. The zero-order valence-corrected chi connectivity index (χ0v) is 14.9. The highest BCUT2D eigenvalue weighted by molar-refractivity contribution is 5.82. The molecule has 22 heavy (non-hydrogen) atoms. The van der Waals surface area contributed by atoms with Crippen LogP contribution in [0.2, 0.25) is 0 Å². The van der Waals surface area contributed by atoms with Crippen LogP contribution in [0.25, 0.3) is 0 Å². The van der Waals surface area contributed by atoms with Crippen LogP contribution in [0.5, 0.6) is 0 Å². The Balaban J connectivity index is 0.000000693. The normalized spacial score (nSPS) is 53.1. The summed E-state index contributed by atoms with van der Waals surface area (Å²) in [7, 11) is 0. The summed E-state index contributed by atoms with van der Waals surface area (Å²) in [5, 5.41) is 10.4. The fourth-order valence-corrected chi connectivity index (χ4v) is 6.89. The van der Waals surface area contributed by atoms with Gasteiger partial charge in [-0.05, 0) is 73.0 Å². The lowest BCUT2D eigenvalue weighted by atomic mass is 9.48. The summed E-state index contributed by atoms with van der Waals surface area (Å²) >= 11 is 0. The highest BCUT2D eigenvalue weighted by Gasteiger charge is 2.61. The second kappa shape index (κ2) is 5.61. The van der Waals surface area contributed by atoms with Crippen LogP contribution in [0.15, 0.2) is 0 Å². The Morgan fingerprint density at radius 1 is 0.955 bits per heavy atom. The molecule has 2 nitrogen and oxygen atoms in total. The fraction of sp³-hybridized carbons (Fsp3) is 0.950. The predicted molar refractivity (Wildman–Crippen MR) is 89.5 cm³/mol. The average molecular weight is 306 g/mol. The van der Waals surface area contributed by atoms with Gasteiger partial charge in [0.05, 0.1) is 6.10 Å². The van der Waals surface area contributed by atoms with Crippen molar-refractivity contribution in [1.82, 2.24) is 0 Å². The number of aliphatic hydroxyl groups is 1. The molecule has 0 spiro atoms. The number of rotatable bonds is 0. The van der Waals surface area contributed by atoms with Gasteiger partial charge in [0.1, 0.15) is 5.78 Å². The number of hydrogen-bond donors (Lipinski definition) is 1. The Bertz CT molecular complexity index is 445. The molecule has 7 unspecified atom stereocenters. The zero-order chi connectivity index (χ0) is 16.1. The number of ketones is 1. The molecule has 0 aromatic carbocycles. The van der Waals surface area contributed by atoms with Crippen molar-refractivity contribution < 1.29 is 9.90 Å². The minimum absolute atomic E-state index is 0.0795. The molecular formula is C20H34O2. The van der Waals surface area contributed by atoms with E-state index in [4.69, 9.17) is 0 Å². The number of carbonyl (C=O) groups is 1. The third-order valence-corrected chi connectivity index (χ3v) is 8.07. The van der Waals surface area contributed by atoms with Crippen molar-refractivity contribution in [3.8, 4) is 0 Å². The van der Waals surface area contributed by atoms with Crippen LogP contribution in [0.3, 0.4) is 0 Å². The second-order valence-electron chi connectivity index (χ2n) is 8.71. The van der Waals surface area contributed by atoms with Gasteiger partial charge in [0.2, 0.25) is 0 Å². The molecule has 0 aromatic rings. The topological polar surface area (TPSA) is 37.3 Å². The lowest BCUT2D eigenvalue weighted by Gasteiger charge is -2.56. The van der Waals surface area contributed by atoms with Gasteiger partial charge in [-0.1, -0.05) is 27.7 Å². The van der Waals surface area contributed by atoms with E-state index in [9.17, 15) is 9.90 Å². The molecule has 0 heterocycles. The maximum Gasteiger partial charge on any atom is 0.133 e. The summed E-state index contributed by atoms with van der Waals surface area (Å²) in [5.41, 5.74) is 0.460. The van der Waals surface area contributed by atoms with E-state index in [1.165, 1.54) is 32.1 Å². The van der Waals surface area contributed by atoms with Gasteiger partial charge in [-0.25, -0.2) is 0 Å². The van der Waals surface area contributed by atoms with E-state index in [1.54, 1.807) is 0 Å². The molecule has 2 heteroatoms. The van der Waals surface area contributed by atoms with E-state index in [-0.39, 0.29) is 16.9 Å². The van der Waals surface area contributed by atoms with Crippen molar-refractivity contribution >= 4 is 5.78 Å². The minimum atomic E-state index is -0.0795. The standard InChI is InChI=1S/C18H28O2.C2H6/c1-17-8-7-15-13(14(17)5-6-16(17)20)4-3-11-9-12(19)10-18(11,15)2;1-2/h11,13-16,20H,3-10H2,1-2H3;1-2H3. The monoisotopic (exact) mass is 306 g/mol. The first kappa shape index (κ1) is 16.5. The first-order chi connectivity index (χ1) is 10.4. The van der Waals surface area contributed by atoms with E-state index < -0.39 is 0 Å². The number of fused-ring (bicyclic) bond motifs is 5. The molecule has 7 atom stereocenters. The SMILES string of the molecule is CC.CC12CCC3C(CCC4CC(=O)CC43C)C1CCC2O. The van der Waals surface area contributed by atoms with E-state index in [1.807, 2.05) is 13.8 Å². The van der Waals surface area contributed by atoms with E-state index >= 15 is 0 Å². The molecule has 4 aliphatic rings. The number of carbonyl (C=O) groups excluding carboxylic acids is 1. The van der Waals surface area contributed by atoms with Crippen LogP contribution in [0.4, 0.5) is 0 Å². The molecule has 0 saturated heterocycles. The van der Waals surface area contributed by atoms with Gasteiger partial charge in [0, 0.05) is 12.8 Å². The third kappa shape index (κ3) is 2.12. The Morgan fingerprint density at radius 2 is 1.64 bits per heavy atom. The Hall–Kier alpha value is -0.370. The second-order valence-corrected chi connectivity index (χ2v) is 8.71. The molecule has 1 N–H and O–H groups in total. The van der Waals surface area contributed by atoms with Gasteiger partial charge in [-0.2, -0.15) is 0 Å². The lowest BCUT2D eigenvalue weighted by molar-refractivity contribution is -0.119. The van der Waals surface area contributed by atoms with Gasteiger partial charge >= 0.3 is 0 Å². The molecule has 0 aromatic heterocycles. The fourth-order valence-electron chi connectivity index (χ4n) is 6.89. The van der Waals surface area contributed by atoms with E-state index in [2.05, 4.69) is 13.8 Å². The van der Waals surface area contributed by atoms with Gasteiger partial charge in [0.25, 0.3) is 0 Å². The summed E-state index contributed by atoms with van der Waals surface area (Å²) in [6.45, 7) is 8.74. The van der Waals surface area contributed by atoms with Crippen LogP contribution in [-0.4, -0.2) is 17.0 Å². The van der Waals surface area contributed by atoms with Gasteiger partial charge in [0.15, 0.2) is 0 Å². The highest BCUT2D eigenvalue weighted by atomic mass is 16.3. The van der Waals surface area contributed by atoms with Crippen molar-refractivity contribution in [3.63, 3.8) is 0 Å². The molecule has 4 saturated carbocycles. The average Bonchev–Trinajstić information content (AvgIpc) is 2.97. The van der Waals surface area contributed by atoms with Crippen LogP contribution < -0.4 is 0 Å². The molecule has 4 fully saturated rings. The van der Waals surface area contributed by atoms with Crippen molar-refractivity contribution in [2.45, 2.75) is 85.2 Å². The van der Waals surface area contributed by atoms with Crippen LogP contribution >= 0.6 is 0 Å². The molecule has 0 amide bonds. The summed E-state index contributed by atoms with van der Waals surface area (Å²) in [6.07, 6.45) is 8.82. The predicted octanol–water partition coefficient (Wildman–Crippen LogP) is 4.60. The highest BCUT2D eigenvalue weighted by Crippen LogP contribution is 2.66. The Kier molecular flexibility index (Phi) is 4.21. The van der Waals surface area contributed by atoms with Crippen molar-refractivity contribution in [3.05, 3.63) is 0 Å². The molecule has 4 aliphatic carbocycles. The third-order valence-electron chi connectivity index (χ3n) is 8.07. The number of aliphatic hydroxyl groups excluding tert-OH is 1. The largest absolute Gasteiger partial charge is 0.393 e. The smallest absolute Gasteiger partial charge is 0.133 e. The van der Waals surface area contributed by atoms with Crippen LogP contribution in [-0.2, 0) is 4.79 Å². The molecule has 126 valence electrons. The molecule has 0 bridgehead atoms. The Morgan fingerprint density at radius 3 is 2.36 bits per heavy atom. The minimum Gasteiger partial charge on any atom is -0.393 e. The van der Waals surface area contributed by atoms with Crippen molar-refractivity contribution in [2.24, 2.45) is 34.5 Å². The van der Waals surface area contributed by atoms with Crippen LogP contribution in [0, 0.1) is 34.5 Å². The summed E-state index contributed by atoms with van der Waals surface area (Å²) in [5.74, 6) is 3.41. The Labute approximate surface area is 136 Å². The van der Waals surface area contributed by atoms with Gasteiger partial charge in [-0.15, -0.1) is 0 Å². The van der Waals surface area contributed by atoms with Gasteiger partial charge < -0.3 is 5.11 Å². The summed E-state index contributed by atoms with van der Waals surface area (Å²) in [6, 6.07) is 0. The first-order valence-electron chi connectivity index (χ1n) is 9.65. The molecular weight excluding hydrogens is 272 g/mol. The maximum absolute atomic E-state index is 12.0. The summed E-state index contributed by atoms with van der Waals surface area (Å²) < 4.78 is 0. The molecule has 0 aliphatic heterocycles. The van der Waals surface area contributed by atoms with E-state index in [0.29, 0.717) is 17.6 Å². The quantitative estimate of drug-likeness (QED) is 0.710. The van der Waals surface area contributed by atoms with Crippen molar-refractivity contribution in [2.75, 3.05) is 0 Å². The number of hydrogen-bond acceptors (Lipinski definition) is 2. The van der Waals surface area contributed by atoms with Crippen LogP contribution in [0.1, 0.15) is 79.1 Å². The molecule has 4 rings (SSSR count). The summed E-state index contributed by atoms with van der Waals surface area (Å²) in [4.78, 5) is 12.0. The van der Waals surface area contributed by atoms with Gasteiger partial charge in [-0.3, -0.25) is 4.79 Å². The zero-order valence-electron chi connectivity index (χ0n) is 14.9. The van der Waals surface area contributed by atoms with Crippen molar-refractivity contribution in [1.29, 1.82) is 0 Å². The number of Topliss-reactive ketones (excluding diaryl/α,β-unsaturated/α-hetero) is 1. The first-order valence-corrected chi connectivity index (χ1v) is 9.65. The maximum atomic E-state index is 12.0.